The molecule has 0 bridgehead atoms. The van der Waals surface area contributed by atoms with Crippen LogP contribution in [-0.4, -0.2) is 11.3 Å². The smallest absolute Gasteiger partial charge is 0.191 e. The molecule has 0 aromatic heterocycles. The van der Waals surface area contributed by atoms with Gasteiger partial charge in [-0.15, -0.1) is 0 Å². The Morgan fingerprint density at radius 2 is 2.00 bits per heavy atom. The third-order valence-electron chi connectivity index (χ3n) is 2.55. The highest BCUT2D eigenvalue weighted by atomic mass is 79.9. The maximum atomic E-state index is 5.18. The number of nitrogens with zero attached hydrogens (tertiary/aromatic N) is 1. The third kappa shape index (κ3) is 4.43. The van der Waals surface area contributed by atoms with E-state index in [1.807, 2.05) is 55.5 Å². The molecular weight excluding hydrogens is 334 g/mol. The molecule has 2 rings (SSSR count). The maximum absolute atomic E-state index is 5.18. The van der Waals surface area contributed by atoms with Gasteiger partial charge in [-0.05, 0) is 42.9 Å². The lowest BCUT2D eigenvalue weighted by Crippen LogP contribution is -2.23. The van der Waals surface area contributed by atoms with Crippen molar-refractivity contribution in [2.45, 2.75) is 6.92 Å². The summed E-state index contributed by atoms with van der Waals surface area (Å²) in [5.41, 5.74) is 5.90. The number of thiocarbonyl (C=S) groups is 1. The van der Waals surface area contributed by atoms with Crippen molar-refractivity contribution >= 4 is 45.2 Å². The summed E-state index contributed by atoms with van der Waals surface area (Å²) in [6.07, 6.45) is 1.72. The summed E-state index contributed by atoms with van der Waals surface area (Å²) in [6.45, 7) is 2.03. The van der Waals surface area contributed by atoms with Crippen LogP contribution < -0.4 is 10.7 Å². The molecule has 2 aromatic carbocycles. The molecule has 5 heteroatoms. The van der Waals surface area contributed by atoms with E-state index in [1.165, 1.54) is 5.56 Å². The van der Waals surface area contributed by atoms with Gasteiger partial charge < -0.3 is 5.32 Å². The van der Waals surface area contributed by atoms with Gasteiger partial charge in [0.1, 0.15) is 0 Å². The van der Waals surface area contributed by atoms with Crippen molar-refractivity contribution in [3.05, 3.63) is 64.1 Å². The first-order valence-corrected chi connectivity index (χ1v) is 7.26. The number of anilines is 1. The van der Waals surface area contributed by atoms with E-state index in [0.717, 1.165) is 15.7 Å². The second kappa shape index (κ2) is 7.17. The van der Waals surface area contributed by atoms with Crippen LogP contribution in [0.15, 0.2) is 58.1 Å². The molecule has 0 atom stereocenters. The maximum Gasteiger partial charge on any atom is 0.191 e. The third-order valence-corrected chi connectivity index (χ3v) is 3.47. The van der Waals surface area contributed by atoms with Gasteiger partial charge in [0.05, 0.1) is 6.21 Å². The van der Waals surface area contributed by atoms with Crippen LogP contribution in [0.1, 0.15) is 11.1 Å². The molecule has 0 unspecified atom stereocenters. The zero-order chi connectivity index (χ0) is 14.4. The highest BCUT2D eigenvalue weighted by Crippen LogP contribution is 2.13. The Bertz CT molecular complexity index is 641. The largest absolute Gasteiger partial charge is 0.331 e. The van der Waals surface area contributed by atoms with Crippen molar-refractivity contribution in [3.63, 3.8) is 0 Å². The van der Waals surface area contributed by atoms with Crippen LogP contribution >= 0.6 is 28.1 Å². The number of aryl methyl sites for hydroxylation is 1. The molecular formula is C15H14BrN3S. The Hall–Kier alpha value is -1.72. The molecule has 0 heterocycles. The molecule has 0 fully saturated rings. The molecule has 0 amide bonds. The number of hydrogen-bond donors (Lipinski definition) is 2. The van der Waals surface area contributed by atoms with Crippen LogP contribution in [0, 0.1) is 6.92 Å². The van der Waals surface area contributed by atoms with Gasteiger partial charge in [0.2, 0.25) is 0 Å². The van der Waals surface area contributed by atoms with Gasteiger partial charge in [0.15, 0.2) is 5.11 Å². The van der Waals surface area contributed by atoms with Crippen molar-refractivity contribution in [1.82, 2.24) is 5.43 Å². The minimum Gasteiger partial charge on any atom is -0.331 e. The molecule has 2 N–H and O–H groups in total. The summed E-state index contributed by atoms with van der Waals surface area (Å²) < 4.78 is 0.989. The van der Waals surface area contributed by atoms with Crippen molar-refractivity contribution in [1.29, 1.82) is 0 Å². The van der Waals surface area contributed by atoms with Crippen molar-refractivity contribution in [2.75, 3.05) is 5.32 Å². The summed E-state index contributed by atoms with van der Waals surface area (Å²) in [5, 5.41) is 7.65. The zero-order valence-corrected chi connectivity index (χ0v) is 13.3. The fraction of sp³-hybridized carbons (Fsp3) is 0.0667. The van der Waals surface area contributed by atoms with Crippen LogP contribution in [0.25, 0.3) is 0 Å². The van der Waals surface area contributed by atoms with Gasteiger partial charge >= 0.3 is 0 Å². The highest BCUT2D eigenvalue weighted by molar-refractivity contribution is 9.10. The van der Waals surface area contributed by atoms with Crippen LogP contribution in [-0.2, 0) is 0 Å². The average Bonchev–Trinajstić information content (AvgIpc) is 2.41. The van der Waals surface area contributed by atoms with Gasteiger partial charge in [-0.25, -0.2) is 0 Å². The Morgan fingerprint density at radius 1 is 1.20 bits per heavy atom. The van der Waals surface area contributed by atoms with Gasteiger partial charge in [-0.2, -0.15) is 5.10 Å². The molecule has 3 nitrogen and oxygen atoms in total. The number of hydrogen-bond acceptors (Lipinski definition) is 2. The Morgan fingerprint density at radius 3 is 2.75 bits per heavy atom. The molecule has 102 valence electrons. The monoisotopic (exact) mass is 347 g/mol. The second-order valence-electron chi connectivity index (χ2n) is 4.22. The number of nitrogens with one attached hydrogen (secondary N) is 2. The van der Waals surface area contributed by atoms with Gasteiger partial charge in [0, 0.05) is 15.7 Å². The first-order valence-electron chi connectivity index (χ1n) is 6.06. The van der Waals surface area contributed by atoms with Crippen LogP contribution in [0.4, 0.5) is 5.69 Å². The number of benzene rings is 2. The van der Waals surface area contributed by atoms with Crippen LogP contribution in [0.5, 0.6) is 0 Å². The van der Waals surface area contributed by atoms with E-state index >= 15 is 0 Å². The summed E-state index contributed by atoms with van der Waals surface area (Å²) >= 11 is 8.64. The highest BCUT2D eigenvalue weighted by Gasteiger charge is 1.97. The minimum absolute atomic E-state index is 0.457. The molecule has 20 heavy (non-hydrogen) atoms. The Labute approximate surface area is 132 Å². The van der Waals surface area contributed by atoms with Gasteiger partial charge in [0.25, 0.3) is 0 Å². The zero-order valence-electron chi connectivity index (χ0n) is 10.9. The number of halogens is 1. The quantitative estimate of drug-likeness (QED) is 0.499. The lowest BCUT2D eigenvalue weighted by molar-refractivity contribution is 1.05. The summed E-state index contributed by atoms with van der Waals surface area (Å²) in [5.74, 6) is 0. The molecule has 0 radical (unpaired) electrons. The van der Waals surface area contributed by atoms with E-state index in [4.69, 9.17) is 12.2 Å². The fourth-order valence-electron chi connectivity index (χ4n) is 1.62. The van der Waals surface area contributed by atoms with Gasteiger partial charge in [-0.1, -0.05) is 46.3 Å². The second-order valence-corrected chi connectivity index (χ2v) is 5.48. The first kappa shape index (κ1) is 14.7. The predicted molar refractivity (Wildman–Crippen MR) is 92.3 cm³/mol. The topological polar surface area (TPSA) is 36.4 Å². The van der Waals surface area contributed by atoms with Crippen molar-refractivity contribution in [3.8, 4) is 0 Å². The summed E-state index contributed by atoms with van der Waals surface area (Å²) in [6, 6.07) is 15.8. The van der Waals surface area contributed by atoms with Crippen LogP contribution in [0.3, 0.4) is 0 Å². The SMILES string of the molecule is Cc1cccc(NC(=S)NN=Cc2ccccc2Br)c1. The summed E-state index contributed by atoms with van der Waals surface area (Å²) in [7, 11) is 0. The van der Waals surface area contributed by atoms with Gasteiger partial charge in [-0.3, -0.25) is 5.43 Å². The molecule has 0 saturated heterocycles. The normalized spacial score (nSPS) is 10.5. The van der Waals surface area contributed by atoms with Crippen molar-refractivity contribution in [2.24, 2.45) is 5.10 Å². The lowest BCUT2D eigenvalue weighted by atomic mass is 10.2. The number of rotatable bonds is 3. The lowest BCUT2D eigenvalue weighted by Gasteiger charge is -2.07. The molecule has 0 saturated carbocycles. The standard InChI is InChI=1S/C15H14BrN3S/c1-11-5-4-7-13(9-11)18-15(20)19-17-10-12-6-2-3-8-14(12)16/h2-10H,1H3,(H2,18,19,20). The van der Waals surface area contributed by atoms with E-state index in [0.29, 0.717) is 5.11 Å². The Kier molecular flexibility index (Phi) is 5.26. The molecule has 0 aliphatic carbocycles. The van der Waals surface area contributed by atoms with E-state index in [-0.39, 0.29) is 0 Å². The first-order chi connectivity index (χ1) is 9.65. The van der Waals surface area contributed by atoms with E-state index in [9.17, 15) is 0 Å². The molecule has 0 spiro atoms. The average molecular weight is 348 g/mol. The van der Waals surface area contributed by atoms with E-state index in [1.54, 1.807) is 6.21 Å². The molecule has 0 aliphatic heterocycles. The Balaban J connectivity index is 1.91. The van der Waals surface area contributed by atoms with E-state index < -0.39 is 0 Å². The molecule has 0 aliphatic rings. The van der Waals surface area contributed by atoms with Crippen molar-refractivity contribution < 1.29 is 0 Å². The summed E-state index contributed by atoms with van der Waals surface area (Å²) in [4.78, 5) is 0. The minimum atomic E-state index is 0.457. The number of hydrazone groups is 1. The fourth-order valence-corrected chi connectivity index (χ4v) is 2.18. The van der Waals surface area contributed by atoms with E-state index in [2.05, 4.69) is 31.8 Å². The van der Waals surface area contributed by atoms with Crippen LogP contribution in [0.2, 0.25) is 0 Å². The predicted octanol–water partition coefficient (Wildman–Crippen LogP) is 4.08. The molecule has 2 aromatic rings.